The number of anilines is 5. The molecule has 1 saturated carbocycles. The summed E-state index contributed by atoms with van der Waals surface area (Å²) >= 11 is 0. The Morgan fingerprint density at radius 2 is 1.78 bits per heavy atom. The van der Waals surface area contributed by atoms with Crippen molar-refractivity contribution in [1.82, 2.24) is 25.4 Å². The van der Waals surface area contributed by atoms with E-state index in [4.69, 9.17) is 10.5 Å². The van der Waals surface area contributed by atoms with Gasteiger partial charge in [0.2, 0.25) is 17.8 Å². The number of aromatic nitrogens is 3. The van der Waals surface area contributed by atoms with Crippen LogP contribution in [0.15, 0.2) is 24.3 Å². The molecule has 194 valence electrons. The van der Waals surface area contributed by atoms with Gasteiger partial charge < -0.3 is 26.0 Å². The van der Waals surface area contributed by atoms with Crippen LogP contribution in [0.4, 0.5) is 38.0 Å². The van der Waals surface area contributed by atoms with Gasteiger partial charge in [-0.3, -0.25) is 10.2 Å². The minimum absolute atomic E-state index is 0.0275. The minimum atomic E-state index is -2.84. The summed E-state index contributed by atoms with van der Waals surface area (Å²) in [5, 5.41) is 8.28. The first-order chi connectivity index (χ1) is 17.5. The molecule has 3 aliphatic rings. The average Bonchev–Trinajstić information content (AvgIpc) is 3.30. The molecule has 1 saturated heterocycles. The number of nitrogens with two attached hydrogens (primary N) is 1. The summed E-state index contributed by atoms with van der Waals surface area (Å²) in [5.41, 5.74) is 9.16. The maximum Gasteiger partial charge on any atom is 0.328 e. The predicted molar refractivity (Wildman–Crippen MR) is 130 cm³/mol. The number of hydrogen-bond acceptors (Lipinski definition) is 11. The van der Waals surface area contributed by atoms with Gasteiger partial charge in [0.05, 0.1) is 31.1 Å². The molecule has 3 heterocycles. The largest absolute Gasteiger partial charge is 0.378 e. The number of morpholine rings is 1. The zero-order valence-corrected chi connectivity index (χ0v) is 19.7. The molecular weight excluding hydrogens is 474 g/mol. The van der Waals surface area contributed by atoms with Crippen LogP contribution in [0.25, 0.3) is 0 Å². The summed E-state index contributed by atoms with van der Waals surface area (Å²) in [6.45, 7) is -0.638. The molecule has 14 heteroatoms. The summed E-state index contributed by atoms with van der Waals surface area (Å²) in [6.07, 6.45) is 3.17. The molecule has 12 nitrogen and oxygen atoms in total. The van der Waals surface area contributed by atoms with Crippen LogP contribution in [-0.2, 0) is 9.53 Å². The molecule has 36 heavy (non-hydrogen) atoms. The van der Waals surface area contributed by atoms with Crippen LogP contribution < -0.4 is 31.7 Å². The monoisotopic (exact) mass is 504 g/mol. The van der Waals surface area contributed by atoms with Gasteiger partial charge in [-0.1, -0.05) is 17.3 Å². The highest BCUT2D eigenvalue weighted by molar-refractivity contribution is 5.78. The number of alkyl halides is 2. The number of amides is 1. The van der Waals surface area contributed by atoms with Crippen LogP contribution in [0, 0.1) is 0 Å². The van der Waals surface area contributed by atoms with Crippen molar-refractivity contribution in [3.63, 3.8) is 0 Å². The van der Waals surface area contributed by atoms with E-state index in [1.54, 1.807) is 24.3 Å². The predicted octanol–water partition coefficient (Wildman–Crippen LogP) is 1.42. The minimum Gasteiger partial charge on any atom is -0.378 e. The number of para-hydroxylation sites is 2. The molecule has 1 aromatic heterocycles. The Labute approximate surface area is 207 Å². The van der Waals surface area contributed by atoms with Crippen molar-refractivity contribution in [2.24, 2.45) is 5.73 Å². The third-order valence-electron chi connectivity index (χ3n) is 6.47. The Kier molecular flexibility index (Phi) is 7.25. The van der Waals surface area contributed by atoms with Crippen LogP contribution in [0.1, 0.15) is 25.7 Å². The Morgan fingerprint density at radius 3 is 2.50 bits per heavy atom. The van der Waals surface area contributed by atoms with E-state index in [2.05, 4.69) is 31.0 Å². The second-order valence-electron chi connectivity index (χ2n) is 8.89. The van der Waals surface area contributed by atoms with E-state index < -0.39 is 6.55 Å². The topological polar surface area (TPSA) is 137 Å². The van der Waals surface area contributed by atoms with Crippen LogP contribution in [0.5, 0.6) is 0 Å². The second kappa shape index (κ2) is 10.7. The first kappa shape index (κ1) is 24.3. The number of ether oxygens (including phenoxy) is 1. The molecule has 2 fully saturated rings. The van der Waals surface area contributed by atoms with Gasteiger partial charge in [-0.25, -0.2) is 5.01 Å². The van der Waals surface area contributed by atoms with Crippen molar-refractivity contribution in [2.45, 2.75) is 44.3 Å². The van der Waals surface area contributed by atoms with Crippen molar-refractivity contribution in [2.75, 3.05) is 53.5 Å². The molecule has 2 aromatic rings. The molecule has 0 bridgehead atoms. The van der Waals surface area contributed by atoms with E-state index in [-0.39, 0.29) is 30.5 Å². The fraction of sp³-hybridized carbons (Fsp3) is 0.545. The Morgan fingerprint density at radius 1 is 1.08 bits per heavy atom. The van der Waals surface area contributed by atoms with Gasteiger partial charge in [-0.05, 0) is 37.8 Å². The molecule has 0 unspecified atom stereocenters. The lowest BCUT2D eigenvalue weighted by Gasteiger charge is -2.31. The van der Waals surface area contributed by atoms with E-state index >= 15 is 0 Å². The smallest absolute Gasteiger partial charge is 0.328 e. The lowest BCUT2D eigenvalue weighted by molar-refractivity contribution is -0.120. The van der Waals surface area contributed by atoms with Crippen molar-refractivity contribution < 1.29 is 18.3 Å². The lowest BCUT2D eigenvalue weighted by atomic mass is 9.91. The number of rotatable bonds is 7. The molecule has 5 rings (SSSR count). The fourth-order valence-electron chi connectivity index (χ4n) is 4.65. The number of nitrogens with zero attached hydrogens (tertiary/aromatic N) is 6. The molecule has 1 amide bonds. The maximum absolute atomic E-state index is 14.0. The molecule has 1 aromatic carbocycles. The van der Waals surface area contributed by atoms with E-state index in [0.717, 1.165) is 25.7 Å². The van der Waals surface area contributed by atoms with Crippen molar-refractivity contribution in [1.29, 1.82) is 0 Å². The average molecular weight is 505 g/mol. The zero-order valence-electron chi connectivity index (χ0n) is 19.7. The van der Waals surface area contributed by atoms with Crippen LogP contribution in [-0.4, -0.2) is 77.5 Å². The third-order valence-corrected chi connectivity index (χ3v) is 6.47. The summed E-state index contributed by atoms with van der Waals surface area (Å²) < 4.78 is 33.4. The maximum atomic E-state index is 14.0. The molecule has 1 aliphatic carbocycles. The summed E-state index contributed by atoms with van der Waals surface area (Å²) in [5.74, 6) is 0.630. The second-order valence-corrected chi connectivity index (χ2v) is 8.89. The van der Waals surface area contributed by atoms with Gasteiger partial charge in [-0.15, -0.1) is 0 Å². The number of carbonyl (C=O) groups is 1. The Hall–Kier alpha value is -3.36. The van der Waals surface area contributed by atoms with Crippen molar-refractivity contribution >= 4 is 35.1 Å². The van der Waals surface area contributed by atoms with Gasteiger partial charge in [-0.2, -0.15) is 23.7 Å². The number of fused-ring (bicyclic) bond motifs is 1. The van der Waals surface area contributed by atoms with Gasteiger partial charge in [0, 0.05) is 25.2 Å². The number of carbonyl (C=O) groups excluding carboxylic acids is 1. The first-order valence-corrected chi connectivity index (χ1v) is 12.1. The van der Waals surface area contributed by atoms with Crippen LogP contribution in [0.2, 0.25) is 0 Å². The quantitative estimate of drug-likeness (QED) is 0.408. The standard InChI is InChI=1S/C22H30F2N10O2/c23-19(24)34-31-16-3-1-2-4-17(16)33(34)22-29-20(28-21(30-22)32-9-11-36-12-10-32)27-15-7-5-14(6-8-15)26-18(35)13-25/h1-4,14-15,19,31H,5-13,25H2,(H,26,35)(H,27,28,29,30)/t14-,15-. The zero-order chi connectivity index (χ0) is 25.1. The number of nitrogens with one attached hydrogen (secondary N) is 3. The molecular formula is C22H30F2N10O2. The summed E-state index contributed by atoms with van der Waals surface area (Å²) in [6, 6.07) is 7.14. The molecule has 5 N–H and O–H groups in total. The fourth-order valence-corrected chi connectivity index (χ4v) is 4.65. The Balaban J connectivity index is 1.41. The van der Waals surface area contributed by atoms with Gasteiger partial charge in [0.15, 0.2) is 0 Å². The van der Waals surface area contributed by atoms with E-state index in [1.165, 1.54) is 5.01 Å². The highest BCUT2D eigenvalue weighted by atomic mass is 19.3. The lowest BCUT2D eigenvalue weighted by Crippen LogP contribution is -2.44. The Bertz CT molecular complexity index is 1060. The highest BCUT2D eigenvalue weighted by Gasteiger charge is 2.36. The molecule has 2 aliphatic heterocycles. The van der Waals surface area contributed by atoms with E-state index in [9.17, 15) is 13.6 Å². The number of hydrazine groups is 2. The third kappa shape index (κ3) is 5.24. The van der Waals surface area contributed by atoms with Gasteiger partial charge >= 0.3 is 6.55 Å². The molecule has 0 atom stereocenters. The normalized spacial score (nSPS) is 22.3. The molecule has 0 radical (unpaired) electrons. The van der Waals surface area contributed by atoms with E-state index in [1.807, 2.05) is 4.90 Å². The SMILES string of the molecule is NCC(=O)N[C@H]1CC[C@H](Nc2nc(N3CCOCC3)nc(N3c4ccccc4NN3C(F)F)n2)CC1. The number of benzene rings is 1. The van der Waals surface area contributed by atoms with Crippen molar-refractivity contribution in [3.8, 4) is 0 Å². The summed E-state index contributed by atoms with van der Waals surface area (Å²) in [7, 11) is 0. The van der Waals surface area contributed by atoms with Crippen molar-refractivity contribution in [3.05, 3.63) is 24.3 Å². The first-order valence-electron chi connectivity index (χ1n) is 12.1. The van der Waals surface area contributed by atoms with Crippen LogP contribution in [0.3, 0.4) is 0 Å². The van der Waals surface area contributed by atoms with Gasteiger partial charge in [0.25, 0.3) is 5.95 Å². The molecule has 0 spiro atoms. The van der Waals surface area contributed by atoms with E-state index in [0.29, 0.717) is 54.7 Å². The van der Waals surface area contributed by atoms with Crippen LogP contribution >= 0.6 is 0 Å². The number of halogens is 2. The highest BCUT2D eigenvalue weighted by Crippen LogP contribution is 2.39. The summed E-state index contributed by atoms with van der Waals surface area (Å²) in [4.78, 5) is 27.3. The number of hydrogen-bond donors (Lipinski definition) is 4. The van der Waals surface area contributed by atoms with Gasteiger partial charge in [0.1, 0.15) is 0 Å².